The summed E-state index contributed by atoms with van der Waals surface area (Å²) in [5.41, 5.74) is 4.02. The SMILES string of the molecule is CC(C)c1cc(C(C)C)c(S(=O)(=O)NN=C2C[C@H]3CCCC[C@@H]3C2)c(C(C)C)c1. The molecule has 0 heterocycles. The molecule has 2 fully saturated rings. The largest absolute Gasteiger partial charge is 0.277 e. The predicted octanol–water partition coefficient (Wildman–Crippen LogP) is 6.29. The quantitative estimate of drug-likeness (QED) is 0.552. The number of hydrazone groups is 1. The Morgan fingerprint density at radius 3 is 1.76 bits per heavy atom. The van der Waals surface area contributed by atoms with E-state index in [4.69, 9.17) is 0 Å². The van der Waals surface area contributed by atoms with Crippen LogP contribution < -0.4 is 4.83 Å². The molecule has 0 unspecified atom stereocenters. The van der Waals surface area contributed by atoms with Crippen LogP contribution in [0.15, 0.2) is 22.1 Å². The van der Waals surface area contributed by atoms with Crippen molar-refractivity contribution in [2.75, 3.05) is 0 Å². The highest BCUT2D eigenvalue weighted by atomic mass is 32.2. The molecule has 1 N–H and O–H groups in total. The molecule has 1 aromatic rings. The molecule has 2 aliphatic carbocycles. The molecule has 5 heteroatoms. The van der Waals surface area contributed by atoms with Gasteiger partial charge in [-0.15, -0.1) is 0 Å². The van der Waals surface area contributed by atoms with Gasteiger partial charge in [0.05, 0.1) is 4.90 Å². The average molecular weight is 419 g/mol. The maximum Gasteiger partial charge on any atom is 0.277 e. The number of benzene rings is 1. The first-order valence-corrected chi connectivity index (χ1v) is 12.8. The van der Waals surface area contributed by atoms with E-state index in [0.29, 0.717) is 22.6 Å². The fourth-order valence-electron chi connectivity index (χ4n) is 4.97. The first-order valence-electron chi connectivity index (χ1n) is 11.3. The highest BCUT2D eigenvalue weighted by molar-refractivity contribution is 7.89. The number of fused-ring (bicyclic) bond motifs is 1. The van der Waals surface area contributed by atoms with Gasteiger partial charge in [0.2, 0.25) is 0 Å². The van der Waals surface area contributed by atoms with Crippen LogP contribution >= 0.6 is 0 Å². The van der Waals surface area contributed by atoms with Crippen LogP contribution in [0.5, 0.6) is 0 Å². The van der Waals surface area contributed by atoms with E-state index in [1.807, 2.05) is 0 Å². The summed E-state index contributed by atoms with van der Waals surface area (Å²) in [6.07, 6.45) is 7.04. The summed E-state index contributed by atoms with van der Waals surface area (Å²) in [5.74, 6) is 2.01. The third-order valence-corrected chi connectivity index (χ3v) is 8.07. The lowest BCUT2D eigenvalue weighted by Gasteiger charge is -2.23. The van der Waals surface area contributed by atoms with Gasteiger partial charge in [-0.2, -0.15) is 13.5 Å². The summed E-state index contributed by atoms with van der Waals surface area (Å²) in [5, 5.41) is 4.43. The zero-order valence-electron chi connectivity index (χ0n) is 19.0. The van der Waals surface area contributed by atoms with E-state index < -0.39 is 10.0 Å². The summed E-state index contributed by atoms with van der Waals surface area (Å²) in [4.78, 5) is 3.06. The minimum atomic E-state index is -3.71. The molecule has 29 heavy (non-hydrogen) atoms. The third-order valence-electron chi connectivity index (χ3n) is 6.73. The van der Waals surface area contributed by atoms with Crippen molar-refractivity contribution in [3.63, 3.8) is 0 Å². The van der Waals surface area contributed by atoms with Crippen molar-refractivity contribution in [2.45, 2.75) is 103 Å². The molecular weight excluding hydrogens is 380 g/mol. The monoisotopic (exact) mass is 418 g/mol. The third kappa shape index (κ3) is 4.87. The second kappa shape index (κ2) is 8.79. The summed E-state index contributed by atoms with van der Waals surface area (Å²) in [7, 11) is -3.71. The van der Waals surface area contributed by atoms with E-state index in [1.54, 1.807) is 0 Å². The number of sulfonamides is 1. The molecule has 0 aromatic heterocycles. The van der Waals surface area contributed by atoms with Crippen LogP contribution in [0.1, 0.15) is 115 Å². The van der Waals surface area contributed by atoms with Gasteiger partial charge in [0.25, 0.3) is 10.0 Å². The van der Waals surface area contributed by atoms with Crippen LogP contribution in [0.2, 0.25) is 0 Å². The second-order valence-electron chi connectivity index (χ2n) is 9.98. The Bertz CT molecular complexity index is 824. The van der Waals surface area contributed by atoms with Crippen molar-refractivity contribution in [1.29, 1.82) is 0 Å². The number of rotatable bonds is 6. The molecule has 3 rings (SSSR count). The van der Waals surface area contributed by atoms with Gasteiger partial charge in [0.1, 0.15) is 0 Å². The molecule has 0 bridgehead atoms. The minimum Gasteiger partial charge on any atom is -0.200 e. The van der Waals surface area contributed by atoms with Crippen molar-refractivity contribution in [3.05, 3.63) is 28.8 Å². The van der Waals surface area contributed by atoms with Crippen molar-refractivity contribution < 1.29 is 8.42 Å². The van der Waals surface area contributed by atoms with E-state index in [2.05, 4.69) is 63.6 Å². The number of nitrogens with one attached hydrogen (secondary N) is 1. The van der Waals surface area contributed by atoms with Gasteiger partial charge in [-0.05, 0) is 72.0 Å². The summed E-state index contributed by atoms with van der Waals surface area (Å²) in [6.45, 7) is 12.6. The Kier molecular flexibility index (Phi) is 6.77. The van der Waals surface area contributed by atoms with Crippen molar-refractivity contribution >= 4 is 15.7 Å². The lowest BCUT2D eigenvalue weighted by molar-refractivity contribution is 0.277. The molecule has 162 valence electrons. The lowest BCUT2D eigenvalue weighted by Crippen LogP contribution is -2.24. The maximum atomic E-state index is 13.4. The van der Waals surface area contributed by atoms with Gasteiger partial charge in [0.15, 0.2) is 0 Å². The molecule has 0 aliphatic heterocycles. The fourth-order valence-corrected chi connectivity index (χ4v) is 6.52. The molecule has 0 saturated heterocycles. The molecule has 4 nitrogen and oxygen atoms in total. The molecular formula is C24H38N2O2S. The Morgan fingerprint density at radius 2 is 1.34 bits per heavy atom. The van der Waals surface area contributed by atoms with Crippen LogP contribution in [0.4, 0.5) is 0 Å². The topological polar surface area (TPSA) is 58.5 Å². The van der Waals surface area contributed by atoms with E-state index in [0.717, 1.165) is 29.7 Å². The normalized spacial score (nSPS) is 22.4. The smallest absolute Gasteiger partial charge is 0.200 e. The summed E-state index contributed by atoms with van der Waals surface area (Å²) < 4.78 is 26.8. The zero-order chi connectivity index (χ0) is 21.3. The molecule has 0 spiro atoms. The van der Waals surface area contributed by atoms with Gasteiger partial charge in [-0.25, -0.2) is 4.83 Å². The summed E-state index contributed by atoms with van der Waals surface area (Å²) in [6, 6.07) is 4.15. The first-order chi connectivity index (χ1) is 13.6. The Morgan fingerprint density at radius 1 is 0.862 bits per heavy atom. The molecule has 2 saturated carbocycles. The first kappa shape index (κ1) is 22.3. The standard InChI is InChI=1S/C24H38N2O2S/c1-15(2)20-13-22(16(3)4)24(23(14-20)17(5)6)29(27,28)26-25-21-11-18-9-7-8-10-19(18)12-21/h13-19,26H,7-12H2,1-6H3/t18-,19-/m1/s1. The number of hydrogen-bond acceptors (Lipinski definition) is 3. The van der Waals surface area contributed by atoms with E-state index in [-0.39, 0.29) is 11.8 Å². The Labute approximate surface area is 177 Å². The Hall–Kier alpha value is -1.36. The second-order valence-corrected chi connectivity index (χ2v) is 11.6. The predicted molar refractivity (Wildman–Crippen MR) is 121 cm³/mol. The maximum absolute atomic E-state index is 13.4. The Balaban J connectivity index is 1.96. The van der Waals surface area contributed by atoms with Crippen LogP contribution in [0.25, 0.3) is 0 Å². The van der Waals surface area contributed by atoms with Crippen molar-refractivity contribution in [1.82, 2.24) is 4.83 Å². The van der Waals surface area contributed by atoms with Gasteiger partial charge in [-0.1, -0.05) is 66.5 Å². The van der Waals surface area contributed by atoms with Gasteiger partial charge >= 0.3 is 0 Å². The van der Waals surface area contributed by atoms with Crippen LogP contribution in [-0.2, 0) is 10.0 Å². The van der Waals surface area contributed by atoms with Crippen LogP contribution in [-0.4, -0.2) is 14.1 Å². The molecule has 1 aromatic carbocycles. The van der Waals surface area contributed by atoms with Gasteiger partial charge < -0.3 is 0 Å². The minimum absolute atomic E-state index is 0.125. The van der Waals surface area contributed by atoms with E-state index in [9.17, 15) is 8.42 Å². The molecule has 0 amide bonds. The molecule has 2 aliphatic rings. The van der Waals surface area contributed by atoms with Gasteiger partial charge in [-0.3, -0.25) is 0 Å². The van der Waals surface area contributed by atoms with E-state index in [1.165, 1.54) is 31.2 Å². The van der Waals surface area contributed by atoms with Crippen molar-refractivity contribution in [2.24, 2.45) is 16.9 Å². The zero-order valence-corrected chi connectivity index (χ0v) is 19.8. The highest BCUT2D eigenvalue weighted by Gasteiger charge is 2.34. The lowest BCUT2D eigenvalue weighted by atomic mass is 9.82. The van der Waals surface area contributed by atoms with Crippen molar-refractivity contribution in [3.8, 4) is 0 Å². The fraction of sp³-hybridized carbons (Fsp3) is 0.708. The number of hydrogen-bond donors (Lipinski definition) is 1. The van der Waals surface area contributed by atoms with E-state index >= 15 is 0 Å². The van der Waals surface area contributed by atoms with Crippen LogP contribution in [0, 0.1) is 11.8 Å². The number of nitrogens with zero attached hydrogens (tertiary/aromatic N) is 1. The summed E-state index contributed by atoms with van der Waals surface area (Å²) >= 11 is 0. The van der Waals surface area contributed by atoms with Gasteiger partial charge in [0, 0.05) is 5.71 Å². The highest BCUT2D eigenvalue weighted by Crippen LogP contribution is 2.41. The average Bonchev–Trinajstić information content (AvgIpc) is 3.08. The molecule has 0 radical (unpaired) electrons. The molecule has 2 atom stereocenters. The van der Waals surface area contributed by atoms with Crippen LogP contribution in [0.3, 0.4) is 0 Å².